The summed E-state index contributed by atoms with van der Waals surface area (Å²) in [4.78, 5) is 15.9. The Morgan fingerprint density at radius 3 is 2.29 bits per heavy atom. The number of nitrogens with zero attached hydrogens (tertiary/aromatic N) is 1. The molecule has 0 aliphatic carbocycles. The van der Waals surface area contributed by atoms with Gasteiger partial charge in [-0.1, -0.05) is 60.7 Å². The van der Waals surface area contributed by atoms with E-state index in [4.69, 9.17) is 4.74 Å². The minimum atomic E-state index is -0.136. The quantitative estimate of drug-likeness (QED) is 0.614. The van der Waals surface area contributed by atoms with Gasteiger partial charge in [-0.3, -0.25) is 4.79 Å². The molecule has 1 saturated heterocycles. The van der Waals surface area contributed by atoms with Gasteiger partial charge in [0.2, 0.25) is 0 Å². The highest BCUT2D eigenvalue weighted by Crippen LogP contribution is 2.41. The van der Waals surface area contributed by atoms with Crippen molar-refractivity contribution in [3.63, 3.8) is 0 Å². The highest BCUT2D eigenvalue weighted by Gasteiger charge is 2.36. The van der Waals surface area contributed by atoms with Crippen LogP contribution in [0, 0.1) is 0 Å². The maximum absolute atomic E-state index is 13.7. The third kappa shape index (κ3) is 3.50. The molecule has 0 bridgehead atoms. The van der Waals surface area contributed by atoms with Crippen molar-refractivity contribution in [1.82, 2.24) is 10.2 Å². The van der Waals surface area contributed by atoms with Gasteiger partial charge < -0.3 is 15.0 Å². The van der Waals surface area contributed by atoms with Gasteiger partial charge in [-0.2, -0.15) is 0 Å². The van der Waals surface area contributed by atoms with Gasteiger partial charge in [-0.05, 0) is 41.5 Å². The monoisotopic (exact) mass is 408 g/mol. The molecule has 31 heavy (non-hydrogen) atoms. The Balaban J connectivity index is 1.66. The molecule has 3 aromatic rings. The molecule has 1 unspecified atom stereocenters. The Bertz CT molecular complexity index is 1150. The van der Waals surface area contributed by atoms with E-state index in [1.165, 1.54) is 0 Å². The van der Waals surface area contributed by atoms with E-state index >= 15 is 0 Å². The molecule has 4 heteroatoms. The number of fused-ring (bicyclic) bond motifs is 1. The van der Waals surface area contributed by atoms with Gasteiger partial charge >= 0.3 is 0 Å². The predicted octanol–water partition coefficient (Wildman–Crippen LogP) is 4.83. The average molecular weight is 409 g/mol. The van der Waals surface area contributed by atoms with E-state index in [1.54, 1.807) is 7.11 Å². The largest absolute Gasteiger partial charge is 0.497 e. The number of benzene rings is 3. The van der Waals surface area contributed by atoms with Crippen molar-refractivity contribution in [2.75, 3.05) is 20.2 Å². The van der Waals surface area contributed by atoms with Crippen LogP contribution in [0.3, 0.4) is 0 Å². The Kier molecular flexibility index (Phi) is 5.04. The molecule has 0 amide bonds. The van der Waals surface area contributed by atoms with Crippen LogP contribution < -0.4 is 10.1 Å². The number of rotatable bonds is 5. The van der Waals surface area contributed by atoms with Gasteiger partial charge in [0, 0.05) is 30.3 Å². The molecule has 0 aromatic heterocycles. The minimum Gasteiger partial charge on any atom is -0.497 e. The fraction of sp³-hybridized carbons (Fsp3) is 0.148. The fourth-order valence-electron chi connectivity index (χ4n) is 4.38. The summed E-state index contributed by atoms with van der Waals surface area (Å²) in [6, 6.07) is 27.9. The first-order valence-corrected chi connectivity index (χ1v) is 10.5. The molecule has 3 aromatic carbocycles. The Hall–Kier alpha value is -3.79. The lowest BCUT2D eigenvalue weighted by Gasteiger charge is -2.33. The van der Waals surface area contributed by atoms with Crippen LogP contribution in [-0.2, 0) is 0 Å². The number of allylic oxidation sites excluding steroid dienone is 2. The lowest BCUT2D eigenvalue weighted by molar-refractivity contribution is 0.102. The molecule has 0 saturated carbocycles. The predicted molar refractivity (Wildman–Crippen MR) is 123 cm³/mol. The summed E-state index contributed by atoms with van der Waals surface area (Å²) in [6.45, 7) is 1.62. The van der Waals surface area contributed by atoms with Gasteiger partial charge in [0.25, 0.3) is 0 Å². The van der Waals surface area contributed by atoms with Crippen molar-refractivity contribution in [3.8, 4) is 5.75 Å². The summed E-state index contributed by atoms with van der Waals surface area (Å²) in [6.07, 6.45) is 2.23. The molecule has 2 heterocycles. The normalized spacial score (nSPS) is 17.6. The van der Waals surface area contributed by atoms with Crippen LogP contribution in [0.5, 0.6) is 5.75 Å². The fourth-order valence-corrected chi connectivity index (χ4v) is 4.38. The standard InChI is InChI=1S/C27H24N2O2/c1-31-22-14-12-20(13-15-22)24-18-23(19-8-4-2-5-9-19)25(27-28-16-17-29(24)27)26(30)21-10-6-3-7-11-21/h2-15,18,23,28H,16-17H2,1H3. The second kappa shape index (κ2) is 8.15. The third-order valence-corrected chi connectivity index (χ3v) is 5.90. The van der Waals surface area contributed by atoms with E-state index < -0.39 is 0 Å². The van der Waals surface area contributed by atoms with E-state index in [1.807, 2.05) is 60.7 Å². The van der Waals surface area contributed by atoms with Crippen LogP contribution in [0.1, 0.15) is 27.4 Å². The van der Waals surface area contributed by atoms with Crippen LogP contribution in [-0.4, -0.2) is 30.9 Å². The van der Waals surface area contributed by atoms with Gasteiger partial charge in [0.15, 0.2) is 5.78 Å². The van der Waals surface area contributed by atoms with Gasteiger partial charge in [0.1, 0.15) is 11.6 Å². The molecule has 1 atom stereocenters. The molecule has 1 N–H and O–H groups in total. The molecular formula is C27H24N2O2. The number of hydrogen-bond donors (Lipinski definition) is 1. The number of ketones is 1. The van der Waals surface area contributed by atoms with Crippen LogP contribution in [0.15, 0.2) is 102 Å². The number of nitrogens with one attached hydrogen (secondary N) is 1. The molecular weight excluding hydrogens is 384 g/mol. The van der Waals surface area contributed by atoms with Gasteiger partial charge in [-0.15, -0.1) is 0 Å². The number of ether oxygens (including phenoxy) is 1. The number of hydrogen-bond acceptors (Lipinski definition) is 4. The Morgan fingerprint density at radius 2 is 1.61 bits per heavy atom. The van der Waals surface area contributed by atoms with Crippen LogP contribution in [0.25, 0.3) is 5.70 Å². The summed E-state index contributed by atoms with van der Waals surface area (Å²) < 4.78 is 5.33. The topological polar surface area (TPSA) is 41.6 Å². The molecule has 2 aliphatic heterocycles. The van der Waals surface area contributed by atoms with Crippen molar-refractivity contribution in [3.05, 3.63) is 119 Å². The summed E-state index contributed by atoms with van der Waals surface area (Å²) in [5, 5.41) is 3.50. The minimum absolute atomic E-state index is 0.0638. The molecule has 0 spiro atoms. The highest BCUT2D eigenvalue weighted by atomic mass is 16.5. The lowest BCUT2D eigenvalue weighted by Crippen LogP contribution is -2.30. The molecule has 1 fully saturated rings. The zero-order valence-electron chi connectivity index (χ0n) is 17.4. The van der Waals surface area contributed by atoms with E-state index in [0.29, 0.717) is 5.56 Å². The summed E-state index contributed by atoms with van der Waals surface area (Å²) in [5.41, 5.74) is 4.83. The average Bonchev–Trinajstić information content (AvgIpc) is 3.33. The summed E-state index contributed by atoms with van der Waals surface area (Å²) in [7, 11) is 1.67. The zero-order chi connectivity index (χ0) is 21.2. The van der Waals surface area contributed by atoms with Crippen LogP contribution in [0.2, 0.25) is 0 Å². The highest BCUT2D eigenvalue weighted by molar-refractivity contribution is 6.11. The second-order valence-corrected chi connectivity index (χ2v) is 7.70. The first-order valence-electron chi connectivity index (χ1n) is 10.5. The molecule has 0 radical (unpaired) electrons. The van der Waals surface area contributed by atoms with Crippen molar-refractivity contribution in [2.45, 2.75) is 5.92 Å². The SMILES string of the molecule is COc1ccc(C2=CC(c3ccccc3)C(C(=O)c3ccccc3)=C3NCCN23)cc1. The third-order valence-electron chi connectivity index (χ3n) is 5.90. The molecule has 2 aliphatic rings. The first-order chi connectivity index (χ1) is 15.3. The van der Waals surface area contributed by atoms with Crippen molar-refractivity contribution in [2.24, 2.45) is 0 Å². The summed E-state index contributed by atoms with van der Waals surface area (Å²) >= 11 is 0. The molecule has 154 valence electrons. The Labute approximate surface area is 182 Å². The number of Topliss-reactive ketones (excluding diaryl/α,β-unsaturated/α-hetero) is 1. The van der Waals surface area contributed by atoms with E-state index in [-0.39, 0.29) is 11.7 Å². The van der Waals surface area contributed by atoms with E-state index in [9.17, 15) is 4.79 Å². The smallest absolute Gasteiger partial charge is 0.193 e. The van der Waals surface area contributed by atoms with Crippen molar-refractivity contribution >= 4 is 11.5 Å². The number of carbonyl (C=O) groups is 1. The lowest BCUT2D eigenvalue weighted by atomic mass is 9.82. The number of methoxy groups -OCH3 is 1. The number of carbonyl (C=O) groups excluding carboxylic acids is 1. The second-order valence-electron chi connectivity index (χ2n) is 7.70. The van der Waals surface area contributed by atoms with Crippen molar-refractivity contribution in [1.29, 1.82) is 0 Å². The molecule has 4 nitrogen and oxygen atoms in total. The molecule has 5 rings (SSSR count). The maximum Gasteiger partial charge on any atom is 0.193 e. The zero-order valence-corrected chi connectivity index (χ0v) is 17.4. The van der Waals surface area contributed by atoms with Gasteiger partial charge in [-0.25, -0.2) is 0 Å². The Morgan fingerprint density at radius 1 is 0.935 bits per heavy atom. The van der Waals surface area contributed by atoms with E-state index in [0.717, 1.165) is 47.1 Å². The van der Waals surface area contributed by atoms with Crippen LogP contribution >= 0.6 is 0 Å². The maximum atomic E-state index is 13.7. The van der Waals surface area contributed by atoms with Gasteiger partial charge in [0.05, 0.1) is 12.7 Å². The first kappa shape index (κ1) is 19.2. The van der Waals surface area contributed by atoms with Crippen molar-refractivity contribution < 1.29 is 9.53 Å². The summed E-state index contributed by atoms with van der Waals surface area (Å²) in [5.74, 6) is 1.67. The van der Waals surface area contributed by atoms with E-state index in [2.05, 4.69) is 40.6 Å². The van der Waals surface area contributed by atoms with Crippen LogP contribution in [0.4, 0.5) is 0 Å².